The Labute approximate surface area is 101 Å². The van der Waals surface area contributed by atoms with Crippen molar-refractivity contribution in [3.05, 3.63) is 40.4 Å². The monoisotopic (exact) mass is 256 g/mol. The molecule has 0 radical (unpaired) electrons. The highest BCUT2D eigenvalue weighted by Gasteiger charge is 2.08. The summed E-state index contributed by atoms with van der Waals surface area (Å²) in [4.78, 5) is 4.24. The lowest BCUT2D eigenvalue weighted by atomic mass is 10.3. The normalized spacial score (nSPS) is 10.5. The first-order valence-electron chi connectivity index (χ1n) is 4.36. The summed E-state index contributed by atoms with van der Waals surface area (Å²) in [7, 11) is 0. The molecule has 5 heteroatoms. The van der Waals surface area contributed by atoms with Crippen molar-refractivity contribution >= 4 is 34.7 Å². The summed E-state index contributed by atoms with van der Waals surface area (Å²) in [5, 5.41) is 3.52. The first-order valence-corrected chi connectivity index (χ1v) is 6.43. The minimum absolute atomic E-state index is 0.444. The Kier molecular flexibility index (Phi) is 3.64. The number of nitrogens with two attached hydrogens (primary N) is 1. The zero-order chi connectivity index (χ0) is 10.7. The summed E-state index contributed by atoms with van der Waals surface area (Å²) in [6.45, 7) is 0.444. The van der Waals surface area contributed by atoms with E-state index in [1.807, 2.05) is 23.6 Å². The molecule has 0 aliphatic heterocycles. The lowest BCUT2D eigenvalue weighted by Crippen LogP contribution is -1.98. The fourth-order valence-corrected chi connectivity index (χ4v) is 3.13. The lowest BCUT2D eigenvalue weighted by molar-refractivity contribution is 1.02. The Morgan fingerprint density at radius 3 is 3.00 bits per heavy atom. The fraction of sp³-hybridized carbons (Fsp3) is 0.100. The summed E-state index contributed by atoms with van der Waals surface area (Å²) < 4.78 is 1.18. The van der Waals surface area contributed by atoms with Crippen molar-refractivity contribution in [3.63, 3.8) is 0 Å². The van der Waals surface area contributed by atoms with Crippen molar-refractivity contribution in [2.45, 2.75) is 15.8 Å². The van der Waals surface area contributed by atoms with Gasteiger partial charge in [-0.1, -0.05) is 29.4 Å². The van der Waals surface area contributed by atoms with Crippen molar-refractivity contribution in [1.82, 2.24) is 4.98 Å². The maximum Gasteiger partial charge on any atom is 0.120 e. The highest BCUT2D eigenvalue weighted by Crippen LogP contribution is 2.35. The summed E-state index contributed by atoms with van der Waals surface area (Å²) in [5.74, 6) is 0. The van der Waals surface area contributed by atoms with E-state index in [1.54, 1.807) is 29.3 Å². The van der Waals surface area contributed by atoms with Crippen molar-refractivity contribution in [2.75, 3.05) is 0 Å². The molecule has 78 valence electrons. The van der Waals surface area contributed by atoms with E-state index in [4.69, 9.17) is 17.3 Å². The molecule has 15 heavy (non-hydrogen) atoms. The molecule has 0 unspecified atom stereocenters. The third kappa shape index (κ3) is 2.52. The van der Waals surface area contributed by atoms with Crippen LogP contribution in [-0.4, -0.2) is 4.98 Å². The number of pyridine rings is 1. The van der Waals surface area contributed by atoms with Gasteiger partial charge in [0.2, 0.25) is 0 Å². The van der Waals surface area contributed by atoms with Gasteiger partial charge in [0, 0.05) is 12.7 Å². The van der Waals surface area contributed by atoms with Crippen LogP contribution in [0.15, 0.2) is 39.0 Å². The van der Waals surface area contributed by atoms with Crippen LogP contribution in [0.1, 0.15) is 5.56 Å². The van der Waals surface area contributed by atoms with Gasteiger partial charge in [-0.3, -0.25) is 0 Å². The topological polar surface area (TPSA) is 38.9 Å². The van der Waals surface area contributed by atoms with E-state index < -0.39 is 0 Å². The van der Waals surface area contributed by atoms with Gasteiger partial charge in [-0.05, 0) is 23.1 Å². The molecule has 0 bridgehead atoms. The van der Waals surface area contributed by atoms with Crippen molar-refractivity contribution in [2.24, 2.45) is 5.73 Å². The highest BCUT2D eigenvalue weighted by atomic mass is 35.5. The second kappa shape index (κ2) is 4.99. The number of thiophene rings is 1. The van der Waals surface area contributed by atoms with Crippen LogP contribution in [0.4, 0.5) is 0 Å². The van der Waals surface area contributed by atoms with Crippen LogP contribution in [-0.2, 0) is 6.54 Å². The van der Waals surface area contributed by atoms with E-state index >= 15 is 0 Å². The van der Waals surface area contributed by atoms with Gasteiger partial charge < -0.3 is 5.73 Å². The number of hydrogen-bond acceptors (Lipinski definition) is 4. The second-order valence-corrected chi connectivity index (χ2v) is 5.44. The van der Waals surface area contributed by atoms with Crippen LogP contribution >= 0.6 is 34.7 Å². The minimum atomic E-state index is 0.444. The van der Waals surface area contributed by atoms with Gasteiger partial charge in [0.15, 0.2) is 0 Å². The van der Waals surface area contributed by atoms with Crippen LogP contribution in [0.5, 0.6) is 0 Å². The van der Waals surface area contributed by atoms with E-state index in [0.717, 1.165) is 10.6 Å². The molecule has 0 aliphatic rings. The summed E-state index contributed by atoms with van der Waals surface area (Å²) in [6.07, 6.45) is 1.74. The summed E-state index contributed by atoms with van der Waals surface area (Å²) >= 11 is 9.41. The molecule has 0 amide bonds. The molecule has 2 aromatic rings. The third-order valence-electron chi connectivity index (χ3n) is 1.85. The molecule has 0 atom stereocenters. The van der Waals surface area contributed by atoms with E-state index in [1.165, 1.54) is 4.21 Å². The molecule has 2 aromatic heterocycles. The maximum atomic E-state index is 6.17. The molecule has 2 N–H and O–H groups in total. The van der Waals surface area contributed by atoms with Crippen LogP contribution in [0, 0.1) is 0 Å². The summed E-state index contributed by atoms with van der Waals surface area (Å²) in [6, 6.07) is 5.90. The van der Waals surface area contributed by atoms with Gasteiger partial charge in [0.25, 0.3) is 0 Å². The zero-order valence-corrected chi connectivity index (χ0v) is 10.2. The second-order valence-electron chi connectivity index (χ2n) is 2.83. The largest absolute Gasteiger partial charge is 0.326 e. The van der Waals surface area contributed by atoms with Crippen molar-refractivity contribution in [3.8, 4) is 0 Å². The van der Waals surface area contributed by atoms with Gasteiger partial charge >= 0.3 is 0 Å². The highest BCUT2D eigenvalue weighted by molar-refractivity contribution is 8.01. The van der Waals surface area contributed by atoms with Crippen LogP contribution in [0.25, 0.3) is 0 Å². The lowest BCUT2D eigenvalue weighted by Gasteiger charge is -2.04. The molecule has 0 aromatic carbocycles. The van der Waals surface area contributed by atoms with Gasteiger partial charge in [-0.25, -0.2) is 4.98 Å². The van der Waals surface area contributed by atoms with E-state index in [2.05, 4.69) is 4.98 Å². The fourth-order valence-electron chi connectivity index (χ4n) is 1.11. The average molecular weight is 257 g/mol. The standard InChI is InChI=1S/C10H9ClN2S2/c11-9-7(6-12)3-4-13-10(9)15-8-2-1-5-14-8/h1-5H,6,12H2. The van der Waals surface area contributed by atoms with E-state index in [0.29, 0.717) is 11.6 Å². The Morgan fingerprint density at radius 1 is 1.47 bits per heavy atom. The molecule has 0 fully saturated rings. The molecule has 0 saturated heterocycles. The Morgan fingerprint density at radius 2 is 2.33 bits per heavy atom. The van der Waals surface area contributed by atoms with Crippen molar-refractivity contribution < 1.29 is 0 Å². The Hall–Kier alpha value is -0.550. The van der Waals surface area contributed by atoms with Gasteiger partial charge in [-0.2, -0.15) is 0 Å². The van der Waals surface area contributed by atoms with Crippen molar-refractivity contribution in [1.29, 1.82) is 0 Å². The first kappa shape index (κ1) is 11.0. The van der Waals surface area contributed by atoms with E-state index in [-0.39, 0.29) is 0 Å². The zero-order valence-electron chi connectivity index (χ0n) is 7.81. The van der Waals surface area contributed by atoms with Gasteiger partial charge in [0.05, 0.1) is 9.23 Å². The number of nitrogens with zero attached hydrogens (tertiary/aromatic N) is 1. The predicted octanol–water partition coefficient (Wildman–Crippen LogP) is 3.41. The molecule has 0 spiro atoms. The maximum absolute atomic E-state index is 6.17. The third-order valence-corrected chi connectivity index (χ3v) is 4.42. The summed E-state index contributed by atoms with van der Waals surface area (Å²) in [5.41, 5.74) is 6.51. The number of aromatic nitrogens is 1. The van der Waals surface area contributed by atoms with Crippen LogP contribution in [0.2, 0.25) is 5.02 Å². The van der Waals surface area contributed by atoms with E-state index in [9.17, 15) is 0 Å². The molecular weight excluding hydrogens is 248 g/mol. The molecule has 2 nitrogen and oxygen atoms in total. The minimum Gasteiger partial charge on any atom is -0.326 e. The molecule has 2 rings (SSSR count). The smallest absolute Gasteiger partial charge is 0.120 e. The Bertz CT molecular complexity index is 443. The quantitative estimate of drug-likeness (QED) is 0.915. The van der Waals surface area contributed by atoms with Gasteiger partial charge in [0.1, 0.15) is 5.03 Å². The number of halogens is 1. The van der Waals surface area contributed by atoms with Crippen LogP contribution in [0.3, 0.4) is 0 Å². The molecule has 0 saturated carbocycles. The molecule has 2 heterocycles. The first-order chi connectivity index (χ1) is 7.31. The SMILES string of the molecule is NCc1ccnc(Sc2cccs2)c1Cl. The molecule has 0 aliphatic carbocycles. The predicted molar refractivity (Wildman–Crippen MR) is 65.6 cm³/mol. The number of hydrogen-bond donors (Lipinski definition) is 1. The molecular formula is C10H9ClN2S2. The van der Waals surface area contributed by atoms with Crippen LogP contribution < -0.4 is 5.73 Å². The Balaban J connectivity index is 2.29. The van der Waals surface area contributed by atoms with Gasteiger partial charge in [-0.15, -0.1) is 11.3 Å². The average Bonchev–Trinajstić information content (AvgIpc) is 2.74. The number of rotatable bonds is 3.